The molecule has 0 aliphatic rings. The summed E-state index contributed by atoms with van der Waals surface area (Å²) in [4.78, 5) is 26.1. The lowest BCUT2D eigenvalue weighted by Gasteiger charge is -2.19. The number of hydrogen-bond donors (Lipinski definition) is 0. The quantitative estimate of drug-likeness (QED) is 0.291. The van der Waals surface area contributed by atoms with Crippen molar-refractivity contribution in [3.63, 3.8) is 0 Å². The van der Waals surface area contributed by atoms with Crippen LogP contribution in [-0.2, 0) is 5.41 Å². The van der Waals surface area contributed by atoms with Crippen molar-refractivity contribution in [3.05, 3.63) is 99.7 Å². The van der Waals surface area contributed by atoms with Crippen molar-refractivity contribution in [3.8, 4) is 17.1 Å². The first-order valence-electron chi connectivity index (χ1n) is 11.6. The number of carbonyl (C=O) groups is 1. The highest BCUT2D eigenvalue weighted by molar-refractivity contribution is 5.97. The van der Waals surface area contributed by atoms with Gasteiger partial charge in [0.05, 0.1) is 5.39 Å². The fourth-order valence-electron chi connectivity index (χ4n) is 3.84. The lowest BCUT2D eigenvalue weighted by atomic mass is 9.86. The average Bonchev–Trinajstić information content (AvgIpc) is 2.83. The van der Waals surface area contributed by atoms with Crippen LogP contribution >= 0.6 is 0 Å². The first-order valence-corrected chi connectivity index (χ1v) is 11.6. The topological polar surface area (TPSA) is 56.5 Å². The van der Waals surface area contributed by atoms with Crippen molar-refractivity contribution in [2.45, 2.75) is 46.0 Å². The molecule has 4 rings (SSSR count). The fourth-order valence-corrected chi connectivity index (χ4v) is 3.84. The van der Waals surface area contributed by atoms with Crippen LogP contribution in [-0.4, -0.2) is 12.4 Å². The Morgan fingerprint density at radius 1 is 0.912 bits per heavy atom. The number of carbonyl (C=O) groups excluding carboxylic acids is 1. The van der Waals surface area contributed by atoms with E-state index in [1.165, 1.54) is 5.56 Å². The standard InChI is InChI=1S/C30H30O4/c1-19(2)20-10-12-21(13-11-20)25(31)18-33-29-27(32)24-8-6-7-9-26(24)34-28(29)22-14-16-23(17-15-22)30(3,4)5/h6-17,19H,18H2,1-5H3. The molecule has 4 aromatic rings. The van der Waals surface area contributed by atoms with Gasteiger partial charge in [-0.3, -0.25) is 9.59 Å². The van der Waals surface area contributed by atoms with E-state index in [1.54, 1.807) is 30.3 Å². The summed E-state index contributed by atoms with van der Waals surface area (Å²) >= 11 is 0. The number of hydrogen-bond acceptors (Lipinski definition) is 4. The number of rotatable bonds is 6. The molecular weight excluding hydrogens is 424 g/mol. The van der Waals surface area contributed by atoms with Crippen LogP contribution in [0.3, 0.4) is 0 Å². The maximum Gasteiger partial charge on any atom is 0.235 e. The summed E-state index contributed by atoms with van der Waals surface area (Å²) < 4.78 is 12.0. The number of para-hydroxylation sites is 1. The van der Waals surface area contributed by atoms with Crippen molar-refractivity contribution >= 4 is 16.8 Å². The van der Waals surface area contributed by atoms with E-state index < -0.39 is 0 Å². The van der Waals surface area contributed by atoms with Crippen LogP contribution in [0.2, 0.25) is 0 Å². The molecule has 0 spiro atoms. The highest BCUT2D eigenvalue weighted by Crippen LogP contribution is 2.33. The molecule has 4 heteroatoms. The first-order chi connectivity index (χ1) is 16.1. The highest BCUT2D eigenvalue weighted by Gasteiger charge is 2.20. The monoisotopic (exact) mass is 454 g/mol. The number of ether oxygens (including phenoxy) is 1. The minimum absolute atomic E-state index is 0.000377. The van der Waals surface area contributed by atoms with E-state index >= 15 is 0 Å². The van der Waals surface area contributed by atoms with Crippen molar-refractivity contribution < 1.29 is 13.9 Å². The summed E-state index contributed by atoms with van der Waals surface area (Å²) in [7, 11) is 0. The molecule has 1 heterocycles. The Morgan fingerprint density at radius 3 is 2.18 bits per heavy atom. The third-order valence-electron chi connectivity index (χ3n) is 6.02. The second-order valence-corrected chi connectivity index (χ2v) is 9.90. The third-order valence-corrected chi connectivity index (χ3v) is 6.02. The molecular formula is C30H30O4. The van der Waals surface area contributed by atoms with Gasteiger partial charge in [-0.25, -0.2) is 0 Å². The highest BCUT2D eigenvalue weighted by atomic mass is 16.5. The molecule has 0 N–H and O–H groups in total. The first kappa shape index (κ1) is 23.5. The second-order valence-electron chi connectivity index (χ2n) is 9.90. The molecule has 3 aromatic carbocycles. The van der Waals surface area contributed by atoms with Crippen LogP contribution in [0.5, 0.6) is 5.75 Å². The number of ketones is 1. The molecule has 174 valence electrons. The van der Waals surface area contributed by atoms with Gasteiger partial charge >= 0.3 is 0 Å². The molecule has 1 aromatic heterocycles. The molecule has 0 aliphatic carbocycles. The SMILES string of the molecule is CC(C)c1ccc(C(=O)COc2c(-c3ccc(C(C)(C)C)cc3)oc3ccccc3c2=O)cc1. The molecule has 4 nitrogen and oxygen atoms in total. The Labute approximate surface area is 200 Å². The molecule has 0 saturated carbocycles. The Hall–Kier alpha value is -3.66. The summed E-state index contributed by atoms with van der Waals surface area (Å²) in [6, 6.07) is 22.5. The Balaban J connectivity index is 1.70. The number of Topliss-reactive ketones (excluding diaryl/α,β-unsaturated/α-hetero) is 1. The minimum Gasteiger partial charge on any atom is -0.478 e. The summed E-state index contributed by atoms with van der Waals surface area (Å²) in [5.41, 5.74) is 3.78. The zero-order valence-electron chi connectivity index (χ0n) is 20.3. The van der Waals surface area contributed by atoms with Crippen molar-refractivity contribution in [1.82, 2.24) is 0 Å². The van der Waals surface area contributed by atoms with Gasteiger partial charge in [0.15, 0.2) is 18.2 Å². The molecule has 0 radical (unpaired) electrons. The largest absolute Gasteiger partial charge is 0.478 e. The van der Waals surface area contributed by atoms with E-state index in [4.69, 9.17) is 9.15 Å². The second kappa shape index (κ2) is 9.30. The Morgan fingerprint density at radius 2 is 1.56 bits per heavy atom. The molecule has 0 bridgehead atoms. The van der Waals surface area contributed by atoms with Crippen molar-refractivity contribution in [2.75, 3.05) is 6.61 Å². The molecule has 0 fully saturated rings. The van der Waals surface area contributed by atoms with Crippen LogP contribution in [0.4, 0.5) is 0 Å². The predicted octanol–water partition coefficient (Wildman–Crippen LogP) is 7.14. The molecule has 0 aliphatic heterocycles. The lowest BCUT2D eigenvalue weighted by molar-refractivity contribution is 0.0920. The van der Waals surface area contributed by atoms with Gasteiger partial charge in [-0.15, -0.1) is 0 Å². The molecule has 34 heavy (non-hydrogen) atoms. The van der Waals surface area contributed by atoms with Crippen LogP contribution in [0.15, 0.2) is 82.0 Å². The summed E-state index contributed by atoms with van der Waals surface area (Å²) in [6.07, 6.45) is 0. The molecule has 0 atom stereocenters. The van der Waals surface area contributed by atoms with Crippen LogP contribution in [0.1, 0.15) is 62.0 Å². The predicted molar refractivity (Wildman–Crippen MR) is 137 cm³/mol. The van der Waals surface area contributed by atoms with Gasteiger partial charge in [0.1, 0.15) is 5.58 Å². The maximum atomic E-state index is 13.3. The van der Waals surface area contributed by atoms with Gasteiger partial charge in [0.2, 0.25) is 11.2 Å². The van der Waals surface area contributed by atoms with E-state index in [-0.39, 0.29) is 29.0 Å². The van der Waals surface area contributed by atoms with Crippen LogP contribution in [0.25, 0.3) is 22.3 Å². The Kier molecular flexibility index (Phi) is 6.43. The molecule has 0 saturated heterocycles. The lowest BCUT2D eigenvalue weighted by Crippen LogP contribution is -2.17. The average molecular weight is 455 g/mol. The van der Waals surface area contributed by atoms with Crippen molar-refractivity contribution in [1.29, 1.82) is 0 Å². The number of fused-ring (bicyclic) bond motifs is 1. The van der Waals surface area contributed by atoms with E-state index in [1.807, 2.05) is 42.5 Å². The minimum atomic E-state index is -0.292. The zero-order valence-corrected chi connectivity index (χ0v) is 20.3. The maximum absolute atomic E-state index is 13.3. The van der Waals surface area contributed by atoms with Gasteiger partial charge in [-0.1, -0.05) is 95.3 Å². The summed E-state index contributed by atoms with van der Waals surface area (Å²) in [5.74, 6) is 0.563. The Bertz CT molecular complexity index is 1370. The smallest absolute Gasteiger partial charge is 0.235 e. The van der Waals surface area contributed by atoms with E-state index in [9.17, 15) is 9.59 Å². The van der Waals surface area contributed by atoms with Gasteiger partial charge < -0.3 is 9.15 Å². The van der Waals surface area contributed by atoms with Crippen molar-refractivity contribution in [2.24, 2.45) is 0 Å². The van der Waals surface area contributed by atoms with Gasteiger partial charge in [0, 0.05) is 11.1 Å². The van der Waals surface area contributed by atoms with Gasteiger partial charge in [0.25, 0.3) is 0 Å². The third kappa shape index (κ3) is 4.81. The molecule has 0 unspecified atom stereocenters. The van der Waals surface area contributed by atoms with Gasteiger partial charge in [-0.05, 0) is 34.6 Å². The zero-order chi connectivity index (χ0) is 24.5. The molecule has 0 amide bonds. The van der Waals surface area contributed by atoms with Crippen LogP contribution < -0.4 is 10.2 Å². The van der Waals surface area contributed by atoms with E-state index in [0.29, 0.717) is 28.2 Å². The van der Waals surface area contributed by atoms with Crippen LogP contribution in [0, 0.1) is 0 Å². The normalized spacial score (nSPS) is 11.7. The summed E-state index contributed by atoms with van der Waals surface area (Å²) in [6.45, 7) is 10.4. The fraction of sp³-hybridized carbons (Fsp3) is 0.267. The van der Waals surface area contributed by atoms with Gasteiger partial charge in [-0.2, -0.15) is 0 Å². The van der Waals surface area contributed by atoms with E-state index in [2.05, 4.69) is 34.6 Å². The number of benzene rings is 3. The summed E-state index contributed by atoms with van der Waals surface area (Å²) in [5, 5.41) is 0.418. The van der Waals surface area contributed by atoms with E-state index in [0.717, 1.165) is 11.1 Å².